The van der Waals surface area contributed by atoms with Crippen molar-refractivity contribution in [2.45, 2.75) is 6.04 Å². The van der Waals surface area contributed by atoms with Crippen LogP contribution in [0.5, 0.6) is 0 Å². The normalized spacial score (nSPS) is 17.7. The molecule has 1 aromatic carbocycles. The van der Waals surface area contributed by atoms with Gasteiger partial charge in [-0.3, -0.25) is 9.69 Å². The molecule has 1 amide bonds. The highest BCUT2D eigenvalue weighted by Gasteiger charge is 2.41. The molecule has 0 radical (unpaired) electrons. The summed E-state index contributed by atoms with van der Waals surface area (Å²) in [6.07, 6.45) is 3.06. The first kappa shape index (κ1) is 15.5. The van der Waals surface area contributed by atoms with Gasteiger partial charge in [-0.1, -0.05) is 54.3 Å². The highest BCUT2D eigenvalue weighted by atomic mass is 32.2. The molecule has 2 heterocycles. The van der Waals surface area contributed by atoms with Gasteiger partial charge < -0.3 is 9.52 Å². The van der Waals surface area contributed by atoms with Crippen molar-refractivity contribution >= 4 is 46.3 Å². The number of amides is 1. The maximum Gasteiger partial charge on any atom is 0.331 e. The Hall–Kier alpha value is -2.38. The maximum absolute atomic E-state index is 12.6. The Morgan fingerprint density at radius 2 is 2.00 bits per heavy atom. The summed E-state index contributed by atoms with van der Waals surface area (Å²) in [6, 6.07) is 10.8. The van der Waals surface area contributed by atoms with Crippen LogP contribution in [0.25, 0.3) is 6.08 Å². The molecule has 1 aliphatic rings. The topological polar surface area (TPSA) is 70.8 Å². The lowest BCUT2D eigenvalue weighted by Gasteiger charge is -2.23. The number of thiocarbonyl (C=S) groups is 1. The summed E-state index contributed by atoms with van der Waals surface area (Å²) >= 11 is 6.29. The molecule has 1 aliphatic heterocycles. The van der Waals surface area contributed by atoms with E-state index in [2.05, 4.69) is 0 Å². The smallest absolute Gasteiger partial charge is 0.331 e. The zero-order valence-corrected chi connectivity index (χ0v) is 13.3. The second-order valence-corrected chi connectivity index (χ2v) is 6.39. The molecule has 1 N–H and O–H groups in total. The molecule has 1 atom stereocenters. The zero-order chi connectivity index (χ0) is 16.4. The summed E-state index contributed by atoms with van der Waals surface area (Å²) in [6.45, 7) is 0. The van der Waals surface area contributed by atoms with E-state index >= 15 is 0 Å². The Bertz CT molecular complexity index is 784. The molecule has 1 unspecified atom stereocenters. The third kappa shape index (κ3) is 3.06. The monoisotopic (exact) mass is 345 g/mol. The molecule has 116 valence electrons. The number of carbonyl (C=O) groups is 2. The molecule has 2 aromatic rings. The maximum atomic E-state index is 12.6. The van der Waals surface area contributed by atoms with Crippen LogP contribution in [-0.4, -0.2) is 26.2 Å². The number of thioether (sulfide) groups is 1. The van der Waals surface area contributed by atoms with E-state index in [1.54, 1.807) is 48.5 Å². The van der Waals surface area contributed by atoms with E-state index in [1.807, 2.05) is 0 Å². The Kier molecular flexibility index (Phi) is 4.31. The highest BCUT2D eigenvalue weighted by molar-refractivity contribution is 8.26. The molecular formula is C16H11NO4S2. The van der Waals surface area contributed by atoms with Crippen LogP contribution >= 0.6 is 24.0 Å². The first-order valence-electron chi connectivity index (χ1n) is 6.66. The van der Waals surface area contributed by atoms with E-state index in [-0.39, 0.29) is 4.32 Å². The Morgan fingerprint density at radius 1 is 1.26 bits per heavy atom. The fourth-order valence-corrected chi connectivity index (χ4v) is 3.54. The van der Waals surface area contributed by atoms with Crippen LogP contribution in [0.3, 0.4) is 0 Å². The van der Waals surface area contributed by atoms with Crippen molar-refractivity contribution in [3.05, 3.63) is 65.0 Å². The van der Waals surface area contributed by atoms with Crippen molar-refractivity contribution in [3.8, 4) is 0 Å². The van der Waals surface area contributed by atoms with Crippen LogP contribution in [0.15, 0.2) is 58.1 Å². The molecule has 1 aromatic heterocycles. The van der Waals surface area contributed by atoms with Gasteiger partial charge in [-0.25, -0.2) is 4.79 Å². The number of carboxylic acid groups (broad SMARTS) is 1. The van der Waals surface area contributed by atoms with E-state index < -0.39 is 17.9 Å². The van der Waals surface area contributed by atoms with Crippen molar-refractivity contribution in [1.29, 1.82) is 0 Å². The summed E-state index contributed by atoms with van der Waals surface area (Å²) in [5, 5.41) is 9.56. The van der Waals surface area contributed by atoms with E-state index in [0.717, 1.165) is 16.7 Å². The van der Waals surface area contributed by atoms with Gasteiger partial charge in [-0.2, -0.15) is 0 Å². The molecular weight excluding hydrogens is 334 g/mol. The number of furan rings is 1. The lowest BCUT2D eigenvalue weighted by Crippen LogP contribution is -2.37. The number of nitrogens with zero attached hydrogens (tertiary/aromatic N) is 1. The van der Waals surface area contributed by atoms with Crippen molar-refractivity contribution in [2.24, 2.45) is 0 Å². The van der Waals surface area contributed by atoms with Gasteiger partial charge in [0.05, 0.1) is 11.2 Å². The average molecular weight is 345 g/mol. The average Bonchev–Trinajstić information content (AvgIpc) is 3.12. The van der Waals surface area contributed by atoms with E-state index in [4.69, 9.17) is 16.6 Å². The number of hydrogen-bond acceptors (Lipinski definition) is 5. The van der Waals surface area contributed by atoms with Crippen LogP contribution < -0.4 is 0 Å². The lowest BCUT2D eigenvalue weighted by atomic mass is 10.1. The molecule has 1 fully saturated rings. The quantitative estimate of drug-likeness (QED) is 0.677. The highest BCUT2D eigenvalue weighted by Crippen LogP contribution is 2.38. The first-order valence-corrected chi connectivity index (χ1v) is 7.88. The SMILES string of the molecule is O=C(O)C(c1ccccc1)N1C(=O)C(=Cc2ccco2)SC1=S. The van der Waals surface area contributed by atoms with Gasteiger partial charge in [0, 0.05) is 6.08 Å². The van der Waals surface area contributed by atoms with Crippen molar-refractivity contribution in [3.63, 3.8) is 0 Å². The minimum atomic E-state index is -1.15. The third-order valence-electron chi connectivity index (χ3n) is 3.25. The Morgan fingerprint density at radius 3 is 2.61 bits per heavy atom. The molecule has 23 heavy (non-hydrogen) atoms. The largest absolute Gasteiger partial charge is 0.479 e. The Balaban J connectivity index is 1.97. The van der Waals surface area contributed by atoms with Gasteiger partial charge in [0.25, 0.3) is 5.91 Å². The zero-order valence-electron chi connectivity index (χ0n) is 11.7. The number of carboxylic acids is 1. The van der Waals surface area contributed by atoms with Gasteiger partial charge in [0.1, 0.15) is 10.1 Å². The molecule has 0 bridgehead atoms. The number of rotatable bonds is 4. The van der Waals surface area contributed by atoms with Crippen LogP contribution in [0.2, 0.25) is 0 Å². The molecule has 1 saturated heterocycles. The molecule has 0 aliphatic carbocycles. The summed E-state index contributed by atoms with van der Waals surface area (Å²) < 4.78 is 5.40. The molecule has 7 heteroatoms. The van der Waals surface area contributed by atoms with E-state index in [9.17, 15) is 14.7 Å². The van der Waals surface area contributed by atoms with Crippen LogP contribution in [0, 0.1) is 0 Å². The summed E-state index contributed by atoms with van der Waals surface area (Å²) in [7, 11) is 0. The van der Waals surface area contributed by atoms with Crippen LogP contribution in [-0.2, 0) is 9.59 Å². The molecule has 0 spiro atoms. The predicted molar refractivity (Wildman–Crippen MR) is 90.5 cm³/mol. The van der Waals surface area contributed by atoms with Gasteiger partial charge >= 0.3 is 5.97 Å². The van der Waals surface area contributed by atoms with E-state index in [1.165, 1.54) is 6.26 Å². The third-order valence-corrected chi connectivity index (χ3v) is 4.58. The lowest BCUT2D eigenvalue weighted by molar-refractivity contribution is -0.145. The first-order chi connectivity index (χ1) is 11.1. The second-order valence-electron chi connectivity index (χ2n) is 4.72. The molecule has 5 nitrogen and oxygen atoms in total. The fraction of sp³-hybridized carbons (Fsp3) is 0.0625. The number of aliphatic carboxylic acids is 1. The van der Waals surface area contributed by atoms with Crippen LogP contribution in [0.1, 0.15) is 17.4 Å². The molecule has 0 saturated carbocycles. The van der Waals surface area contributed by atoms with Crippen molar-refractivity contribution in [1.82, 2.24) is 4.90 Å². The van der Waals surface area contributed by atoms with Gasteiger partial charge in [0.15, 0.2) is 6.04 Å². The van der Waals surface area contributed by atoms with Gasteiger partial charge in [-0.15, -0.1) is 0 Å². The van der Waals surface area contributed by atoms with Crippen LogP contribution in [0.4, 0.5) is 0 Å². The number of carbonyl (C=O) groups excluding carboxylic acids is 1. The fourth-order valence-electron chi connectivity index (χ4n) is 2.24. The molecule has 3 rings (SSSR count). The Labute approximate surface area is 141 Å². The second kappa shape index (κ2) is 6.39. The van der Waals surface area contributed by atoms with E-state index in [0.29, 0.717) is 16.2 Å². The predicted octanol–water partition coefficient (Wildman–Crippen LogP) is 3.31. The summed E-state index contributed by atoms with van der Waals surface area (Å²) in [5.41, 5.74) is 0.496. The van der Waals surface area contributed by atoms with Crippen molar-refractivity contribution in [2.75, 3.05) is 0 Å². The minimum Gasteiger partial charge on any atom is -0.479 e. The van der Waals surface area contributed by atoms with Crippen molar-refractivity contribution < 1.29 is 19.1 Å². The minimum absolute atomic E-state index is 0.212. The number of benzene rings is 1. The summed E-state index contributed by atoms with van der Waals surface area (Å²) in [5.74, 6) is -1.06. The van der Waals surface area contributed by atoms with Gasteiger partial charge in [-0.05, 0) is 17.7 Å². The summed E-state index contributed by atoms with van der Waals surface area (Å²) in [4.78, 5) is 25.8. The standard InChI is InChI=1S/C16H11NO4S2/c18-14-12(9-11-7-4-8-21-11)23-16(22)17(14)13(15(19)20)10-5-2-1-3-6-10/h1-9,13H,(H,19,20). The number of hydrogen-bond donors (Lipinski definition) is 1. The van der Waals surface area contributed by atoms with Gasteiger partial charge in [0.2, 0.25) is 0 Å².